The minimum Gasteiger partial charge on any atom is -0.358 e. The van der Waals surface area contributed by atoms with Crippen molar-refractivity contribution in [2.75, 3.05) is 0 Å². The van der Waals surface area contributed by atoms with E-state index < -0.39 is 0 Å². The number of hydrogen-bond acceptors (Lipinski definition) is 0. The van der Waals surface area contributed by atoms with Gasteiger partial charge in [-0.3, -0.25) is 0 Å². The van der Waals surface area contributed by atoms with Crippen LogP contribution in [0.3, 0.4) is 0 Å². The Labute approximate surface area is 76.4 Å². The molecule has 0 bridgehead atoms. The first-order valence-corrected chi connectivity index (χ1v) is 4.31. The molecule has 0 fully saturated rings. The van der Waals surface area contributed by atoms with Crippen LogP contribution in [0.1, 0.15) is 11.3 Å². The van der Waals surface area contributed by atoms with E-state index in [2.05, 4.69) is 18.8 Å². The number of rotatable bonds is 0. The van der Waals surface area contributed by atoms with Gasteiger partial charge in [0.1, 0.15) is 0 Å². The van der Waals surface area contributed by atoms with E-state index in [0.29, 0.717) is 0 Å². The van der Waals surface area contributed by atoms with Crippen LogP contribution in [0.2, 0.25) is 5.02 Å². The van der Waals surface area contributed by atoms with Crippen molar-refractivity contribution in [3.8, 4) is 0 Å². The van der Waals surface area contributed by atoms with Gasteiger partial charge in [0.2, 0.25) is 0 Å². The second kappa shape index (κ2) is 2.53. The number of benzene rings is 1. The van der Waals surface area contributed by atoms with Crippen molar-refractivity contribution in [2.45, 2.75) is 13.8 Å². The zero-order chi connectivity index (χ0) is 8.72. The molecule has 0 aliphatic carbocycles. The molecule has 2 aromatic rings. The maximum atomic E-state index is 6.06. The molecule has 0 aliphatic heterocycles. The van der Waals surface area contributed by atoms with E-state index >= 15 is 0 Å². The Morgan fingerprint density at radius 1 is 1.25 bits per heavy atom. The highest BCUT2D eigenvalue weighted by Crippen LogP contribution is 2.27. The second-order valence-electron chi connectivity index (χ2n) is 3.04. The number of H-pyrrole nitrogens is 1. The predicted molar refractivity (Wildman–Crippen MR) is 52.8 cm³/mol. The molecule has 62 valence electrons. The normalized spacial score (nSPS) is 10.9. The molecule has 0 radical (unpaired) electrons. The molecule has 0 amide bonds. The minimum atomic E-state index is 0.828. The lowest BCUT2D eigenvalue weighted by Gasteiger charge is -1.93. The Bertz CT molecular complexity index is 429. The number of fused-ring (bicyclic) bond motifs is 1. The van der Waals surface area contributed by atoms with Gasteiger partial charge in [0, 0.05) is 16.6 Å². The highest BCUT2D eigenvalue weighted by Gasteiger charge is 2.05. The van der Waals surface area contributed by atoms with Gasteiger partial charge in [-0.15, -0.1) is 0 Å². The van der Waals surface area contributed by atoms with E-state index in [4.69, 9.17) is 11.6 Å². The standard InChI is InChI=1S/C10H10ClN/c1-6-7(2)12-9-5-3-4-8(11)10(6)9/h3-5,12H,1-2H3. The Kier molecular flexibility index (Phi) is 1.62. The summed E-state index contributed by atoms with van der Waals surface area (Å²) in [4.78, 5) is 3.28. The van der Waals surface area contributed by atoms with Crippen molar-refractivity contribution in [1.82, 2.24) is 4.98 Å². The highest BCUT2D eigenvalue weighted by atomic mass is 35.5. The molecule has 2 heteroatoms. The number of aromatic amines is 1. The SMILES string of the molecule is Cc1[nH]c2cccc(Cl)c2c1C. The van der Waals surface area contributed by atoms with Crippen LogP contribution in [0.25, 0.3) is 10.9 Å². The fourth-order valence-corrected chi connectivity index (χ4v) is 1.81. The topological polar surface area (TPSA) is 15.8 Å². The molecule has 1 aromatic heterocycles. The summed E-state index contributed by atoms with van der Waals surface area (Å²) in [6.45, 7) is 4.14. The molecule has 1 aromatic carbocycles. The van der Waals surface area contributed by atoms with Crippen molar-refractivity contribution >= 4 is 22.5 Å². The molecule has 0 atom stereocenters. The summed E-state index contributed by atoms with van der Waals surface area (Å²) in [7, 11) is 0. The zero-order valence-electron chi connectivity index (χ0n) is 7.11. The van der Waals surface area contributed by atoms with Gasteiger partial charge in [-0.25, -0.2) is 0 Å². The lowest BCUT2D eigenvalue weighted by Crippen LogP contribution is -1.72. The third-order valence-electron chi connectivity index (χ3n) is 2.27. The van der Waals surface area contributed by atoms with Crippen LogP contribution in [0, 0.1) is 13.8 Å². The molecule has 0 spiro atoms. The first-order chi connectivity index (χ1) is 5.70. The molecule has 0 aliphatic rings. The molecule has 1 heterocycles. The van der Waals surface area contributed by atoms with Crippen LogP contribution in [0.5, 0.6) is 0 Å². The summed E-state index contributed by atoms with van der Waals surface area (Å²) >= 11 is 6.06. The third-order valence-corrected chi connectivity index (χ3v) is 2.59. The summed E-state index contributed by atoms with van der Waals surface area (Å²) in [6, 6.07) is 5.92. The number of aromatic nitrogens is 1. The lowest BCUT2D eigenvalue weighted by molar-refractivity contribution is 1.25. The first-order valence-electron chi connectivity index (χ1n) is 3.93. The average molecular weight is 180 g/mol. The van der Waals surface area contributed by atoms with Gasteiger partial charge in [-0.1, -0.05) is 17.7 Å². The number of hydrogen-bond donors (Lipinski definition) is 1. The zero-order valence-corrected chi connectivity index (χ0v) is 7.87. The van der Waals surface area contributed by atoms with Gasteiger partial charge < -0.3 is 4.98 Å². The Balaban J connectivity index is 2.97. The minimum absolute atomic E-state index is 0.828. The summed E-state index contributed by atoms with van der Waals surface area (Å²) in [5, 5.41) is 1.98. The monoisotopic (exact) mass is 179 g/mol. The smallest absolute Gasteiger partial charge is 0.0502 e. The van der Waals surface area contributed by atoms with Crippen LogP contribution in [0.15, 0.2) is 18.2 Å². The van der Waals surface area contributed by atoms with Gasteiger partial charge in [0.05, 0.1) is 5.02 Å². The predicted octanol–water partition coefficient (Wildman–Crippen LogP) is 3.44. The van der Waals surface area contributed by atoms with Gasteiger partial charge >= 0.3 is 0 Å². The largest absolute Gasteiger partial charge is 0.358 e. The number of halogens is 1. The summed E-state index contributed by atoms with van der Waals surface area (Å²) < 4.78 is 0. The fraction of sp³-hybridized carbons (Fsp3) is 0.200. The van der Waals surface area contributed by atoms with Crippen LogP contribution in [0.4, 0.5) is 0 Å². The lowest BCUT2D eigenvalue weighted by atomic mass is 10.1. The van der Waals surface area contributed by atoms with Crippen molar-refractivity contribution in [3.63, 3.8) is 0 Å². The van der Waals surface area contributed by atoms with Gasteiger partial charge in [0.25, 0.3) is 0 Å². The van der Waals surface area contributed by atoms with E-state index in [1.807, 2.05) is 18.2 Å². The molecular weight excluding hydrogens is 170 g/mol. The number of nitrogens with one attached hydrogen (secondary N) is 1. The van der Waals surface area contributed by atoms with Crippen molar-refractivity contribution in [2.24, 2.45) is 0 Å². The fourth-order valence-electron chi connectivity index (χ4n) is 1.49. The molecule has 0 saturated carbocycles. The molecule has 0 saturated heterocycles. The Morgan fingerprint density at radius 3 is 2.67 bits per heavy atom. The van der Waals surface area contributed by atoms with E-state index in [0.717, 1.165) is 15.9 Å². The van der Waals surface area contributed by atoms with Crippen molar-refractivity contribution < 1.29 is 0 Å². The van der Waals surface area contributed by atoms with E-state index in [9.17, 15) is 0 Å². The van der Waals surface area contributed by atoms with E-state index in [1.54, 1.807) is 0 Å². The van der Waals surface area contributed by atoms with Crippen LogP contribution in [-0.2, 0) is 0 Å². The molecule has 1 nitrogen and oxygen atoms in total. The van der Waals surface area contributed by atoms with Gasteiger partial charge in [-0.05, 0) is 31.5 Å². The maximum absolute atomic E-state index is 6.06. The van der Waals surface area contributed by atoms with Crippen LogP contribution in [-0.4, -0.2) is 4.98 Å². The quantitative estimate of drug-likeness (QED) is 0.638. The van der Waals surface area contributed by atoms with Gasteiger partial charge in [-0.2, -0.15) is 0 Å². The molecule has 12 heavy (non-hydrogen) atoms. The molecular formula is C10H10ClN. The summed E-state index contributed by atoms with van der Waals surface area (Å²) in [5.74, 6) is 0. The second-order valence-corrected chi connectivity index (χ2v) is 3.44. The van der Waals surface area contributed by atoms with E-state index in [1.165, 1.54) is 11.3 Å². The summed E-state index contributed by atoms with van der Waals surface area (Å²) in [6.07, 6.45) is 0. The number of aryl methyl sites for hydroxylation is 2. The highest BCUT2D eigenvalue weighted by molar-refractivity contribution is 6.35. The van der Waals surface area contributed by atoms with Crippen LogP contribution >= 0.6 is 11.6 Å². The van der Waals surface area contributed by atoms with Crippen molar-refractivity contribution in [3.05, 3.63) is 34.5 Å². The summed E-state index contributed by atoms with van der Waals surface area (Å²) in [5.41, 5.74) is 3.56. The molecule has 1 N–H and O–H groups in total. The van der Waals surface area contributed by atoms with E-state index in [-0.39, 0.29) is 0 Å². The third kappa shape index (κ3) is 0.935. The van der Waals surface area contributed by atoms with Crippen LogP contribution < -0.4 is 0 Å². The average Bonchev–Trinajstić information content (AvgIpc) is 2.29. The van der Waals surface area contributed by atoms with Gasteiger partial charge in [0.15, 0.2) is 0 Å². The van der Waals surface area contributed by atoms with Crippen molar-refractivity contribution in [1.29, 1.82) is 0 Å². The molecule has 2 rings (SSSR count). The Morgan fingerprint density at radius 2 is 2.00 bits per heavy atom. The first kappa shape index (κ1) is 7.69. The molecule has 0 unspecified atom stereocenters. The maximum Gasteiger partial charge on any atom is 0.0502 e. The Hall–Kier alpha value is -0.950.